The summed E-state index contributed by atoms with van der Waals surface area (Å²) >= 11 is 11.7. The molecule has 128 valence electrons. The number of carbonyl (C=O) groups is 1. The number of hydrogen-bond acceptors (Lipinski definition) is 3. The van der Waals surface area contributed by atoms with Crippen molar-refractivity contribution in [2.45, 2.75) is 0 Å². The van der Waals surface area contributed by atoms with Gasteiger partial charge < -0.3 is 9.52 Å². The van der Waals surface area contributed by atoms with E-state index in [-0.39, 0.29) is 10.6 Å². The fourth-order valence-corrected chi connectivity index (χ4v) is 2.70. The second-order valence-corrected chi connectivity index (χ2v) is 6.22. The van der Waals surface area contributed by atoms with Gasteiger partial charge in [-0.25, -0.2) is 4.79 Å². The first-order valence-electron chi connectivity index (χ1n) is 7.48. The van der Waals surface area contributed by atoms with Crippen molar-refractivity contribution >= 4 is 40.8 Å². The highest BCUT2D eigenvalue weighted by Gasteiger charge is 2.12. The molecule has 0 amide bonds. The zero-order valence-electron chi connectivity index (χ0n) is 13.2. The molecule has 1 heterocycles. The Balaban J connectivity index is 1.95. The number of allylic oxidation sites excluding steroid dienone is 1. The van der Waals surface area contributed by atoms with Crippen LogP contribution in [-0.2, 0) is 0 Å². The van der Waals surface area contributed by atoms with Crippen molar-refractivity contribution in [3.05, 3.63) is 81.5 Å². The van der Waals surface area contributed by atoms with Crippen LogP contribution in [0.15, 0.2) is 59.0 Å². The minimum absolute atomic E-state index is 0.00321. The van der Waals surface area contributed by atoms with Crippen molar-refractivity contribution in [1.29, 1.82) is 5.26 Å². The SMILES string of the molecule is N#C/C(=C\c1ccc(-c2ccc(Cl)c(C(=O)O)c2)o1)c1ccc(Cl)cc1. The van der Waals surface area contributed by atoms with E-state index >= 15 is 0 Å². The number of aromatic carboxylic acids is 1. The third-order valence-corrected chi connectivity index (χ3v) is 4.25. The standard InChI is InChI=1S/C20H11Cl2NO3/c21-15-4-1-12(2-5-15)14(11-23)9-16-6-8-19(26-16)13-3-7-18(22)17(10-13)20(24)25/h1-10H,(H,24,25)/b14-9+. The van der Waals surface area contributed by atoms with Gasteiger partial charge in [0.05, 0.1) is 22.2 Å². The molecule has 3 rings (SSSR count). The monoisotopic (exact) mass is 383 g/mol. The molecule has 0 aliphatic carbocycles. The van der Waals surface area contributed by atoms with E-state index in [1.165, 1.54) is 12.1 Å². The Morgan fingerprint density at radius 1 is 1.08 bits per heavy atom. The molecule has 4 nitrogen and oxygen atoms in total. The Morgan fingerprint density at radius 2 is 1.81 bits per heavy atom. The first-order chi connectivity index (χ1) is 12.5. The normalized spacial score (nSPS) is 11.2. The lowest BCUT2D eigenvalue weighted by Gasteiger charge is -2.02. The van der Waals surface area contributed by atoms with Crippen LogP contribution in [0.25, 0.3) is 23.0 Å². The summed E-state index contributed by atoms with van der Waals surface area (Å²) in [6.07, 6.45) is 1.61. The van der Waals surface area contributed by atoms with Crippen LogP contribution < -0.4 is 0 Å². The van der Waals surface area contributed by atoms with Gasteiger partial charge in [0.2, 0.25) is 0 Å². The van der Waals surface area contributed by atoms with Crippen LogP contribution in [0, 0.1) is 11.3 Å². The molecule has 0 unspecified atom stereocenters. The van der Waals surface area contributed by atoms with Gasteiger partial charge in [-0.15, -0.1) is 0 Å². The Morgan fingerprint density at radius 3 is 2.46 bits per heavy atom. The number of halogens is 2. The van der Waals surface area contributed by atoms with Gasteiger partial charge in [-0.1, -0.05) is 35.3 Å². The zero-order chi connectivity index (χ0) is 18.7. The van der Waals surface area contributed by atoms with Crippen LogP contribution in [0.1, 0.15) is 21.7 Å². The van der Waals surface area contributed by atoms with Gasteiger partial charge in [-0.2, -0.15) is 5.26 Å². The van der Waals surface area contributed by atoms with Gasteiger partial charge in [0.1, 0.15) is 11.5 Å². The Kier molecular flexibility index (Phi) is 5.13. The number of nitriles is 1. The van der Waals surface area contributed by atoms with Crippen LogP contribution >= 0.6 is 23.2 Å². The molecule has 0 saturated heterocycles. The molecule has 0 saturated carbocycles. The van der Waals surface area contributed by atoms with Gasteiger partial charge in [-0.05, 0) is 54.1 Å². The first-order valence-corrected chi connectivity index (χ1v) is 8.24. The maximum absolute atomic E-state index is 11.2. The third kappa shape index (κ3) is 3.80. The molecular weight excluding hydrogens is 373 g/mol. The number of carboxylic acid groups (broad SMARTS) is 1. The van der Waals surface area contributed by atoms with E-state index < -0.39 is 5.97 Å². The molecule has 0 spiro atoms. The minimum atomic E-state index is -1.11. The summed E-state index contributed by atoms with van der Waals surface area (Å²) in [7, 11) is 0. The van der Waals surface area contributed by atoms with Crippen molar-refractivity contribution in [3.63, 3.8) is 0 Å². The summed E-state index contributed by atoms with van der Waals surface area (Å²) in [4.78, 5) is 11.2. The molecule has 3 aromatic rings. The molecule has 6 heteroatoms. The van der Waals surface area contributed by atoms with Crippen LogP contribution in [0.4, 0.5) is 0 Å². The highest BCUT2D eigenvalue weighted by Crippen LogP contribution is 2.28. The number of benzene rings is 2. The van der Waals surface area contributed by atoms with E-state index in [9.17, 15) is 10.1 Å². The van der Waals surface area contributed by atoms with Crippen LogP contribution in [-0.4, -0.2) is 11.1 Å². The highest BCUT2D eigenvalue weighted by atomic mass is 35.5. The predicted molar refractivity (Wildman–Crippen MR) is 101 cm³/mol. The molecule has 0 atom stereocenters. The quantitative estimate of drug-likeness (QED) is 0.559. The van der Waals surface area contributed by atoms with Gasteiger partial charge in [0.15, 0.2) is 0 Å². The molecule has 0 radical (unpaired) electrons. The summed E-state index contributed by atoms with van der Waals surface area (Å²) in [5, 5.41) is 19.3. The van der Waals surface area contributed by atoms with Gasteiger partial charge >= 0.3 is 5.97 Å². The van der Waals surface area contributed by atoms with Crippen LogP contribution in [0.3, 0.4) is 0 Å². The van der Waals surface area contributed by atoms with Gasteiger partial charge in [0, 0.05) is 10.6 Å². The fraction of sp³-hybridized carbons (Fsp3) is 0. The lowest BCUT2D eigenvalue weighted by molar-refractivity contribution is 0.0697. The number of rotatable bonds is 4. The largest absolute Gasteiger partial charge is 0.478 e. The third-order valence-electron chi connectivity index (χ3n) is 3.67. The molecule has 0 fully saturated rings. The Labute approximate surface area is 159 Å². The number of furan rings is 1. The maximum atomic E-state index is 11.2. The fourth-order valence-electron chi connectivity index (χ4n) is 2.38. The molecule has 0 bridgehead atoms. The average Bonchev–Trinajstić information content (AvgIpc) is 3.09. The van der Waals surface area contributed by atoms with Crippen molar-refractivity contribution in [1.82, 2.24) is 0 Å². The van der Waals surface area contributed by atoms with E-state index in [4.69, 9.17) is 32.7 Å². The lowest BCUT2D eigenvalue weighted by Crippen LogP contribution is -1.97. The average molecular weight is 384 g/mol. The van der Waals surface area contributed by atoms with Crippen molar-refractivity contribution in [3.8, 4) is 17.4 Å². The summed E-state index contributed by atoms with van der Waals surface area (Å²) in [6, 6.07) is 17.1. The van der Waals surface area contributed by atoms with Crippen molar-refractivity contribution in [2.24, 2.45) is 0 Å². The number of carboxylic acids is 1. The summed E-state index contributed by atoms with van der Waals surface area (Å²) in [5.41, 5.74) is 1.72. The first kappa shape index (κ1) is 17.8. The van der Waals surface area contributed by atoms with Crippen LogP contribution in [0.2, 0.25) is 10.0 Å². The minimum Gasteiger partial charge on any atom is -0.478 e. The van der Waals surface area contributed by atoms with E-state index in [1.807, 2.05) is 0 Å². The lowest BCUT2D eigenvalue weighted by atomic mass is 10.1. The maximum Gasteiger partial charge on any atom is 0.337 e. The highest BCUT2D eigenvalue weighted by molar-refractivity contribution is 6.33. The van der Waals surface area contributed by atoms with Crippen molar-refractivity contribution < 1.29 is 14.3 Å². The van der Waals surface area contributed by atoms with Gasteiger partial charge in [-0.3, -0.25) is 0 Å². The molecule has 26 heavy (non-hydrogen) atoms. The van der Waals surface area contributed by atoms with Crippen molar-refractivity contribution in [2.75, 3.05) is 0 Å². The summed E-state index contributed by atoms with van der Waals surface area (Å²) in [5.74, 6) is -0.167. The molecule has 0 aliphatic heterocycles. The Bertz CT molecular complexity index is 1040. The van der Waals surface area contributed by atoms with Gasteiger partial charge in [0.25, 0.3) is 0 Å². The van der Waals surface area contributed by atoms with E-state index in [0.29, 0.717) is 27.7 Å². The van der Waals surface area contributed by atoms with E-state index in [2.05, 4.69) is 6.07 Å². The van der Waals surface area contributed by atoms with Crippen LogP contribution in [0.5, 0.6) is 0 Å². The smallest absolute Gasteiger partial charge is 0.337 e. The number of hydrogen-bond donors (Lipinski definition) is 1. The van der Waals surface area contributed by atoms with E-state index in [0.717, 1.165) is 5.56 Å². The topological polar surface area (TPSA) is 74.2 Å². The second-order valence-electron chi connectivity index (χ2n) is 5.38. The summed E-state index contributed by atoms with van der Waals surface area (Å²) in [6.45, 7) is 0. The summed E-state index contributed by atoms with van der Waals surface area (Å²) < 4.78 is 5.73. The molecule has 1 N–H and O–H groups in total. The second kappa shape index (κ2) is 7.49. The zero-order valence-corrected chi connectivity index (χ0v) is 14.8. The Hall–Kier alpha value is -3.00. The molecule has 2 aromatic carbocycles. The predicted octanol–water partition coefficient (Wildman–Crippen LogP) is 6.02. The molecule has 0 aliphatic rings. The molecular formula is C20H11Cl2NO3. The number of nitrogens with zero attached hydrogens (tertiary/aromatic N) is 1. The molecule has 1 aromatic heterocycles. The van der Waals surface area contributed by atoms with E-state index in [1.54, 1.807) is 48.5 Å².